The minimum absolute atomic E-state index is 0.333. The summed E-state index contributed by atoms with van der Waals surface area (Å²) in [5.74, 6) is 0.248. The van der Waals surface area contributed by atoms with Crippen LogP contribution in [0.15, 0.2) is 18.2 Å². The van der Waals surface area contributed by atoms with E-state index in [9.17, 15) is 4.79 Å². The Morgan fingerprint density at radius 2 is 2.06 bits per heavy atom. The fourth-order valence-corrected chi connectivity index (χ4v) is 1.55. The number of carbonyl (C=O) groups is 1. The molecule has 0 spiro atoms. The SMILES string of the molecule is CCCCCOc1ccc(N)c(C(=O)OCC)c1. The second kappa shape index (κ2) is 7.58. The number of hydrogen-bond acceptors (Lipinski definition) is 4. The summed E-state index contributed by atoms with van der Waals surface area (Å²) in [6.07, 6.45) is 3.30. The maximum absolute atomic E-state index is 11.6. The summed E-state index contributed by atoms with van der Waals surface area (Å²) >= 11 is 0. The Bertz CT molecular complexity index is 391. The first-order valence-corrected chi connectivity index (χ1v) is 6.38. The van der Waals surface area contributed by atoms with Gasteiger partial charge in [0, 0.05) is 5.69 Å². The zero-order valence-corrected chi connectivity index (χ0v) is 11.1. The molecule has 0 aliphatic rings. The van der Waals surface area contributed by atoms with Crippen LogP contribution in [0.1, 0.15) is 43.5 Å². The van der Waals surface area contributed by atoms with Crippen LogP contribution in [0.4, 0.5) is 5.69 Å². The highest BCUT2D eigenvalue weighted by Gasteiger charge is 2.11. The van der Waals surface area contributed by atoms with E-state index in [4.69, 9.17) is 15.2 Å². The standard InChI is InChI=1S/C14H21NO3/c1-3-5-6-9-18-11-7-8-13(15)12(10-11)14(16)17-4-2/h7-8,10H,3-6,9,15H2,1-2H3. The van der Waals surface area contributed by atoms with Crippen molar-refractivity contribution in [1.82, 2.24) is 0 Å². The predicted molar refractivity (Wildman–Crippen MR) is 71.8 cm³/mol. The highest BCUT2D eigenvalue weighted by molar-refractivity contribution is 5.95. The van der Waals surface area contributed by atoms with E-state index in [-0.39, 0.29) is 0 Å². The first-order chi connectivity index (χ1) is 8.69. The number of anilines is 1. The van der Waals surface area contributed by atoms with Crippen LogP contribution >= 0.6 is 0 Å². The monoisotopic (exact) mass is 251 g/mol. The number of nitrogen functional groups attached to an aromatic ring is 1. The number of unbranched alkanes of at least 4 members (excludes halogenated alkanes) is 2. The first kappa shape index (κ1) is 14.4. The van der Waals surface area contributed by atoms with E-state index >= 15 is 0 Å². The van der Waals surface area contributed by atoms with Gasteiger partial charge in [-0.15, -0.1) is 0 Å². The minimum Gasteiger partial charge on any atom is -0.494 e. The van der Waals surface area contributed by atoms with Crippen molar-refractivity contribution >= 4 is 11.7 Å². The summed E-state index contributed by atoms with van der Waals surface area (Å²) in [6, 6.07) is 5.07. The van der Waals surface area contributed by atoms with Gasteiger partial charge in [-0.1, -0.05) is 19.8 Å². The molecule has 0 aliphatic heterocycles. The fraction of sp³-hybridized carbons (Fsp3) is 0.500. The van der Waals surface area contributed by atoms with Crippen molar-refractivity contribution < 1.29 is 14.3 Å². The molecule has 4 heteroatoms. The molecule has 2 N–H and O–H groups in total. The lowest BCUT2D eigenvalue weighted by Crippen LogP contribution is -2.08. The van der Waals surface area contributed by atoms with Gasteiger partial charge in [0.05, 0.1) is 18.8 Å². The van der Waals surface area contributed by atoms with E-state index in [0.717, 1.165) is 19.3 Å². The molecule has 0 radical (unpaired) electrons. The van der Waals surface area contributed by atoms with E-state index in [2.05, 4.69) is 6.92 Å². The minimum atomic E-state index is -0.408. The van der Waals surface area contributed by atoms with Gasteiger partial charge in [-0.05, 0) is 31.5 Å². The number of rotatable bonds is 7. The van der Waals surface area contributed by atoms with Gasteiger partial charge in [-0.2, -0.15) is 0 Å². The van der Waals surface area contributed by atoms with Crippen LogP contribution in [0.2, 0.25) is 0 Å². The van der Waals surface area contributed by atoms with Crippen LogP contribution in [0.5, 0.6) is 5.75 Å². The lowest BCUT2D eigenvalue weighted by molar-refractivity contribution is 0.0527. The van der Waals surface area contributed by atoms with Crippen molar-refractivity contribution in [2.24, 2.45) is 0 Å². The molecule has 0 aromatic heterocycles. The zero-order valence-electron chi connectivity index (χ0n) is 11.1. The normalized spacial score (nSPS) is 10.1. The van der Waals surface area contributed by atoms with Gasteiger partial charge in [-0.25, -0.2) is 4.79 Å². The summed E-state index contributed by atoms with van der Waals surface area (Å²) < 4.78 is 10.5. The summed E-state index contributed by atoms with van der Waals surface area (Å²) in [5, 5.41) is 0. The molecular weight excluding hydrogens is 230 g/mol. The highest BCUT2D eigenvalue weighted by Crippen LogP contribution is 2.21. The first-order valence-electron chi connectivity index (χ1n) is 6.38. The topological polar surface area (TPSA) is 61.5 Å². The number of carbonyl (C=O) groups excluding carboxylic acids is 1. The molecule has 1 rings (SSSR count). The van der Waals surface area contributed by atoms with Crippen molar-refractivity contribution in [1.29, 1.82) is 0 Å². The molecule has 100 valence electrons. The molecule has 0 heterocycles. The molecule has 0 saturated carbocycles. The van der Waals surface area contributed by atoms with E-state index in [1.807, 2.05) is 0 Å². The van der Waals surface area contributed by atoms with Crippen molar-refractivity contribution in [3.63, 3.8) is 0 Å². The van der Waals surface area contributed by atoms with Crippen molar-refractivity contribution in [3.05, 3.63) is 23.8 Å². The Morgan fingerprint density at radius 3 is 2.72 bits per heavy atom. The lowest BCUT2D eigenvalue weighted by Gasteiger charge is -2.09. The quantitative estimate of drug-likeness (QED) is 0.459. The molecule has 4 nitrogen and oxygen atoms in total. The summed E-state index contributed by atoms with van der Waals surface area (Å²) in [6.45, 7) is 4.89. The van der Waals surface area contributed by atoms with E-state index < -0.39 is 5.97 Å². The second-order valence-electron chi connectivity index (χ2n) is 4.03. The molecule has 0 fully saturated rings. The van der Waals surface area contributed by atoms with Gasteiger partial charge in [0.1, 0.15) is 5.75 Å². The molecule has 1 aromatic rings. The van der Waals surface area contributed by atoms with Crippen LogP contribution < -0.4 is 10.5 Å². The maximum Gasteiger partial charge on any atom is 0.340 e. The summed E-state index contributed by atoms with van der Waals surface area (Å²) in [7, 11) is 0. The predicted octanol–water partition coefficient (Wildman–Crippen LogP) is 3.01. The van der Waals surface area contributed by atoms with E-state index in [1.165, 1.54) is 0 Å². The third-order valence-electron chi connectivity index (χ3n) is 2.54. The highest BCUT2D eigenvalue weighted by atomic mass is 16.5. The van der Waals surface area contributed by atoms with Gasteiger partial charge in [0.2, 0.25) is 0 Å². The molecule has 0 saturated heterocycles. The summed E-state index contributed by atoms with van der Waals surface area (Å²) in [5.41, 5.74) is 6.52. The van der Waals surface area contributed by atoms with Crippen molar-refractivity contribution in [2.75, 3.05) is 18.9 Å². The van der Waals surface area contributed by atoms with Gasteiger partial charge < -0.3 is 15.2 Å². The maximum atomic E-state index is 11.6. The number of nitrogens with two attached hydrogens (primary N) is 1. The van der Waals surface area contributed by atoms with Gasteiger partial charge in [0.15, 0.2) is 0 Å². The van der Waals surface area contributed by atoms with Crippen molar-refractivity contribution in [2.45, 2.75) is 33.1 Å². The average molecular weight is 251 g/mol. The third-order valence-corrected chi connectivity index (χ3v) is 2.54. The van der Waals surface area contributed by atoms with Gasteiger partial charge in [-0.3, -0.25) is 0 Å². The smallest absolute Gasteiger partial charge is 0.340 e. The lowest BCUT2D eigenvalue weighted by atomic mass is 10.1. The van der Waals surface area contributed by atoms with Crippen LogP contribution in [0, 0.1) is 0 Å². The van der Waals surface area contributed by atoms with E-state index in [1.54, 1.807) is 25.1 Å². The summed E-state index contributed by atoms with van der Waals surface area (Å²) in [4.78, 5) is 11.6. The average Bonchev–Trinajstić information content (AvgIpc) is 2.36. The molecule has 0 atom stereocenters. The number of esters is 1. The van der Waals surface area contributed by atoms with Crippen LogP contribution in [-0.2, 0) is 4.74 Å². The number of benzene rings is 1. The molecule has 0 amide bonds. The molecule has 0 unspecified atom stereocenters. The van der Waals surface area contributed by atoms with Crippen LogP contribution in [0.25, 0.3) is 0 Å². The molecule has 1 aromatic carbocycles. The van der Waals surface area contributed by atoms with Crippen molar-refractivity contribution in [3.8, 4) is 5.75 Å². The molecular formula is C14H21NO3. The second-order valence-corrected chi connectivity index (χ2v) is 4.03. The van der Waals surface area contributed by atoms with Crippen LogP contribution in [-0.4, -0.2) is 19.2 Å². The Hall–Kier alpha value is -1.71. The Balaban J connectivity index is 2.65. The fourth-order valence-electron chi connectivity index (χ4n) is 1.55. The number of ether oxygens (including phenoxy) is 2. The van der Waals surface area contributed by atoms with Gasteiger partial charge in [0.25, 0.3) is 0 Å². The van der Waals surface area contributed by atoms with Gasteiger partial charge >= 0.3 is 5.97 Å². The third kappa shape index (κ3) is 4.28. The zero-order chi connectivity index (χ0) is 13.4. The Labute approximate surface area is 108 Å². The van der Waals surface area contributed by atoms with Crippen LogP contribution in [0.3, 0.4) is 0 Å². The Morgan fingerprint density at radius 1 is 1.28 bits per heavy atom. The number of hydrogen-bond donors (Lipinski definition) is 1. The molecule has 0 bridgehead atoms. The largest absolute Gasteiger partial charge is 0.494 e. The molecule has 0 aliphatic carbocycles. The van der Waals surface area contributed by atoms with E-state index in [0.29, 0.717) is 30.2 Å². The molecule has 18 heavy (non-hydrogen) atoms. The Kier molecular flexibility index (Phi) is 6.05.